The van der Waals surface area contributed by atoms with Crippen LogP contribution in [-0.4, -0.2) is 24.6 Å². The highest BCUT2D eigenvalue weighted by molar-refractivity contribution is 7.90. The summed E-state index contributed by atoms with van der Waals surface area (Å²) in [6.07, 6.45) is 1.32. The molecule has 0 aliphatic rings. The van der Waals surface area contributed by atoms with Crippen molar-refractivity contribution in [3.63, 3.8) is 0 Å². The molecule has 7 nitrogen and oxygen atoms in total. The molecule has 0 aliphatic heterocycles. The van der Waals surface area contributed by atoms with Crippen molar-refractivity contribution in [3.8, 4) is 0 Å². The van der Waals surface area contributed by atoms with E-state index in [1.54, 1.807) is 0 Å². The highest BCUT2D eigenvalue weighted by Crippen LogP contribution is 2.33. The number of amides is 2. The molecule has 2 aromatic rings. The zero-order valence-corrected chi connectivity index (χ0v) is 15.8. The number of hydrogen-bond acceptors (Lipinski definition) is 5. The van der Waals surface area contributed by atoms with E-state index in [4.69, 9.17) is 0 Å². The summed E-state index contributed by atoms with van der Waals surface area (Å²) >= 11 is 0. The van der Waals surface area contributed by atoms with Gasteiger partial charge in [0.15, 0.2) is 5.03 Å². The average Bonchev–Trinajstić information content (AvgIpc) is 2.56. The minimum atomic E-state index is -4.16. The predicted molar refractivity (Wildman–Crippen MR) is 96.0 cm³/mol. The number of anilines is 1. The fraction of sp³-hybridized carbons (Fsp3) is 0.353. The molecule has 1 heterocycles. The summed E-state index contributed by atoms with van der Waals surface area (Å²) in [7, 11) is -4.16. The van der Waals surface area contributed by atoms with E-state index in [9.17, 15) is 17.6 Å². The predicted octanol–water partition coefficient (Wildman–Crippen LogP) is 3.37. The van der Waals surface area contributed by atoms with Gasteiger partial charge in [-0.15, -0.1) is 5.10 Å². The number of benzene rings is 1. The first-order chi connectivity index (χ1) is 12.1. The number of aromatic nitrogens is 2. The van der Waals surface area contributed by atoms with Gasteiger partial charge in [0.05, 0.1) is 0 Å². The molecule has 2 N–H and O–H groups in total. The number of carbonyl (C=O) groups excluding carboxylic acids is 1. The fourth-order valence-corrected chi connectivity index (χ4v) is 3.26. The Morgan fingerprint density at radius 2 is 1.69 bits per heavy atom. The largest absolute Gasteiger partial charge is 0.333 e. The Kier molecular flexibility index (Phi) is 5.91. The van der Waals surface area contributed by atoms with Crippen LogP contribution in [0.25, 0.3) is 0 Å². The monoisotopic (exact) mass is 380 g/mol. The van der Waals surface area contributed by atoms with Crippen LogP contribution >= 0.6 is 0 Å². The van der Waals surface area contributed by atoms with Crippen LogP contribution in [0.5, 0.6) is 0 Å². The molecule has 0 atom stereocenters. The first kappa shape index (κ1) is 19.8. The van der Waals surface area contributed by atoms with E-state index in [-0.39, 0.29) is 16.9 Å². The standard InChI is InChI=1S/C17H21FN4O3S/c1-10(2)13-8-12(18)9-14(11(3)4)16(13)20-17(23)22-26(24,25)15-6-5-7-19-21-15/h5-11H,1-4H3,(H2,20,22,23). The smallest absolute Gasteiger partial charge is 0.307 e. The number of carbonyl (C=O) groups is 1. The van der Waals surface area contributed by atoms with Crippen LogP contribution in [0.3, 0.4) is 0 Å². The lowest BCUT2D eigenvalue weighted by molar-refractivity contribution is 0.256. The van der Waals surface area contributed by atoms with Crippen molar-refractivity contribution < 1.29 is 17.6 Å². The van der Waals surface area contributed by atoms with E-state index in [1.165, 1.54) is 30.5 Å². The van der Waals surface area contributed by atoms with Crippen molar-refractivity contribution in [2.24, 2.45) is 0 Å². The zero-order valence-electron chi connectivity index (χ0n) is 14.9. The molecule has 1 aromatic carbocycles. The maximum atomic E-state index is 13.9. The lowest BCUT2D eigenvalue weighted by atomic mass is 9.92. The third-order valence-electron chi connectivity index (χ3n) is 3.70. The number of rotatable bonds is 5. The first-order valence-corrected chi connectivity index (χ1v) is 9.55. The summed E-state index contributed by atoms with van der Waals surface area (Å²) in [6.45, 7) is 7.44. The van der Waals surface area contributed by atoms with Gasteiger partial charge in [-0.1, -0.05) is 27.7 Å². The number of hydrogen-bond donors (Lipinski definition) is 2. The molecule has 26 heavy (non-hydrogen) atoms. The third kappa shape index (κ3) is 4.54. The van der Waals surface area contributed by atoms with Gasteiger partial charge in [0.2, 0.25) is 0 Å². The van der Waals surface area contributed by atoms with Crippen LogP contribution in [0.2, 0.25) is 0 Å². The molecular formula is C17H21FN4O3S. The van der Waals surface area contributed by atoms with Gasteiger partial charge in [0.25, 0.3) is 10.0 Å². The SMILES string of the molecule is CC(C)c1cc(F)cc(C(C)C)c1NC(=O)NS(=O)(=O)c1cccnn1. The molecule has 0 unspecified atom stereocenters. The van der Waals surface area contributed by atoms with Crippen molar-refractivity contribution in [3.05, 3.63) is 47.4 Å². The zero-order chi connectivity index (χ0) is 19.5. The summed E-state index contributed by atoms with van der Waals surface area (Å²) < 4.78 is 40.2. The molecule has 0 saturated carbocycles. The number of nitrogens with zero attached hydrogens (tertiary/aromatic N) is 2. The van der Waals surface area contributed by atoms with Gasteiger partial charge in [-0.05, 0) is 47.2 Å². The van der Waals surface area contributed by atoms with Gasteiger partial charge in [0.1, 0.15) is 5.82 Å². The Balaban J connectivity index is 2.34. The number of sulfonamides is 1. The number of nitrogens with one attached hydrogen (secondary N) is 2. The Morgan fingerprint density at radius 3 is 2.15 bits per heavy atom. The van der Waals surface area contributed by atoms with E-state index >= 15 is 0 Å². The second-order valence-corrected chi connectivity index (χ2v) is 8.02. The molecule has 1 aromatic heterocycles. The molecule has 0 bridgehead atoms. The van der Waals surface area contributed by atoms with Crippen LogP contribution in [0.4, 0.5) is 14.9 Å². The van der Waals surface area contributed by atoms with Crippen molar-refractivity contribution in [2.75, 3.05) is 5.32 Å². The molecule has 0 radical (unpaired) electrons. The molecule has 2 amide bonds. The van der Waals surface area contributed by atoms with Crippen LogP contribution in [0.15, 0.2) is 35.5 Å². The Bertz CT molecular complexity index is 870. The van der Waals surface area contributed by atoms with Crippen LogP contribution in [0, 0.1) is 5.82 Å². The van der Waals surface area contributed by atoms with E-state index in [2.05, 4.69) is 15.5 Å². The summed E-state index contributed by atoms with van der Waals surface area (Å²) in [5, 5.41) is 9.15. The van der Waals surface area contributed by atoms with Gasteiger partial charge in [-0.25, -0.2) is 13.9 Å². The topological polar surface area (TPSA) is 101 Å². The van der Waals surface area contributed by atoms with Gasteiger partial charge in [-0.3, -0.25) is 0 Å². The molecule has 0 aliphatic carbocycles. The Hall–Kier alpha value is -2.55. The van der Waals surface area contributed by atoms with Crippen molar-refractivity contribution in [2.45, 2.75) is 44.6 Å². The number of halogens is 1. The lowest BCUT2D eigenvalue weighted by Gasteiger charge is -2.20. The van der Waals surface area contributed by atoms with Gasteiger partial charge in [0, 0.05) is 11.9 Å². The van der Waals surface area contributed by atoms with Gasteiger partial charge in [-0.2, -0.15) is 13.5 Å². The van der Waals surface area contributed by atoms with E-state index in [1.807, 2.05) is 32.4 Å². The molecule has 2 rings (SSSR count). The van der Waals surface area contributed by atoms with Crippen LogP contribution < -0.4 is 10.0 Å². The normalized spacial score (nSPS) is 11.7. The molecular weight excluding hydrogens is 359 g/mol. The highest BCUT2D eigenvalue weighted by atomic mass is 32.2. The van der Waals surface area contributed by atoms with E-state index < -0.39 is 21.9 Å². The molecule has 9 heteroatoms. The Morgan fingerprint density at radius 1 is 1.12 bits per heavy atom. The average molecular weight is 380 g/mol. The van der Waals surface area contributed by atoms with E-state index in [0.717, 1.165) is 0 Å². The van der Waals surface area contributed by atoms with Crippen LogP contribution in [-0.2, 0) is 10.0 Å². The summed E-state index contributed by atoms with van der Waals surface area (Å²) in [6, 6.07) is 4.34. The van der Waals surface area contributed by atoms with Crippen molar-refractivity contribution in [1.82, 2.24) is 14.9 Å². The lowest BCUT2D eigenvalue weighted by Crippen LogP contribution is -2.35. The first-order valence-electron chi connectivity index (χ1n) is 8.06. The maximum Gasteiger partial charge on any atom is 0.333 e. The Labute approximate surface area is 152 Å². The second kappa shape index (κ2) is 7.77. The molecule has 140 valence electrons. The van der Waals surface area contributed by atoms with Crippen molar-refractivity contribution in [1.29, 1.82) is 0 Å². The van der Waals surface area contributed by atoms with Crippen LogP contribution in [0.1, 0.15) is 50.7 Å². The second-order valence-electron chi connectivity index (χ2n) is 6.39. The summed E-state index contributed by atoms with van der Waals surface area (Å²) in [4.78, 5) is 12.3. The molecule has 0 saturated heterocycles. The van der Waals surface area contributed by atoms with E-state index in [0.29, 0.717) is 16.8 Å². The van der Waals surface area contributed by atoms with Crippen molar-refractivity contribution >= 4 is 21.7 Å². The molecule has 0 spiro atoms. The molecule has 0 fully saturated rings. The fourth-order valence-electron chi connectivity index (χ4n) is 2.45. The van der Waals surface area contributed by atoms with Gasteiger partial charge < -0.3 is 5.32 Å². The summed E-state index contributed by atoms with van der Waals surface area (Å²) in [5.74, 6) is -0.555. The minimum Gasteiger partial charge on any atom is -0.307 e. The maximum absolute atomic E-state index is 13.9. The number of urea groups is 1. The van der Waals surface area contributed by atoms with Gasteiger partial charge >= 0.3 is 6.03 Å². The highest BCUT2D eigenvalue weighted by Gasteiger charge is 2.22. The summed E-state index contributed by atoms with van der Waals surface area (Å²) in [5.41, 5.74) is 1.57. The quantitative estimate of drug-likeness (QED) is 0.828. The minimum absolute atomic E-state index is 0.0740. The third-order valence-corrected chi connectivity index (χ3v) is 4.92.